The Labute approximate surface area is 95.0 Å². The Morgan fingerprint density at radius 1 is 1.31 bits per heavy atom. The normalized spacial score (nSPS) is 32.1. The average molecular weight is 238 g/mol. The number of nitrogens with zero attached hydrogens (tertiary/aromatic N) is 1. The zero-order valence-electron chi connectivity index (χ0n) is 9.93. The third kappa shape index (κ3) is 4.29. The van der Waals surface area contributed by atoms with Crippen LogP contribution in [0.4, 0.5) is 13.2 Å². The molecule has 0 aromatic carbocycles. The highest BCUT2D eigenvalue weighted by atomic mass is 19.4. The first-order valence-corrected chi connectivity index (χ1v) is 5.82. The first-order valence-electron chi connectivity index (χ1n) is 5.82. The summed E-state index contributed by atoms with van der Waals surface area (Å²) in [7, 11) is 1.74. The minimum absolute atomic E-state index is 0.0226. The molecule has 96 valence electrons. The molecule has 0 aromatic heterocycles. The number of nitrogens with two attached hydrogens (primary N) is 1. The Morgan fingerprint density at radius 3 is 2.50 bits per heavy atom. The van der Waals surface area contributed by atoms with Gasteiger partial charge in [0.15, 0.2) is 0 Å². The van der Waals surface area contributed by atoms with E-state index >= 15 is 0 Å². The van der Waals surface area contributed by atoms with Crippen molar-refractivity contribution in [3.05, 3.63) is 0 Å². The van der Waals surface area contributed by atoms with Crippen molar-refractivity contribution < 1.29 is 13.2 Å². The van der Waals surface area contributed by atoms with Crippen LogP contribution >= 0.6 is 0 Å². The maximum absolute atomic E-state index is 12.1. The highest BCUT2D eigenvalue weighted by molar-refractivity contribution is 4.87. The largest absolute Gasteiger partial charge is 0.390 e. The summed E-state index contributed by atoms with van der Waals surface area (Å²) in [5, 5.41) is 0. The number of halogens is 3. The topological polar surface area (TPSA) is 29.3 Å². The van der Waals surface area contributed by atoms with Crippen molar-refractivity contribution in [2.75, 3.05) is 13.6 Å². The van der Waals surface area contributed by atoms with Gasteiger partial charge in [0.1, 0.15) is 0 Å². The van der Waals surface area contributed by atoms with Crippen molar-refractivity contribution in [3.63, 3.8) is 0 Å². The van der Waals surface area contributed by atoms with Crippen LogP contribution in [0.3, 0.4) is 0 Å². The van der Waals surface area contributed by atoms with Crippen LogP contribution in [0.1, 0.15) is 32.6 Å². The van der Waals surface area contributed by atoms with E-state index in [1.807, 2.05) is 0 Å². The molecule has 0 aromatic rings. The molecule has 1 fully saturated rings. The second-order valence-electron chi connectivity index (χ2n) is 5.00. The summed E-state index contributed by atoms with van der Waals surface area (Å²) in [6, 6.07) is 0.125. The maximum Gasteiger partial charge on any atom is 0.390 e. The van der Waals surface area contributed by atoms with Crippen LogP contribution in [0, 0.1) is 5.92 Å². The molecule has 0 aliphatic heterocycles. The molecule has 0 heterocycles. The van der Waals surface area contributed by atoms with Gasteiger partial charge in [-0.3, -0.25) is 0 Å². The summed E-state index contributed by atoms with van der Waals surface area (Å²) < 4.78 is 36.3. The molecular formula is C11H21F3N2. The van der Waals surface area contributed by atoms with E-state index in [-0.39, 0.29) is 18.6 Å². The minimum Gasteiger partial charge on any atom is -0.326 e. The lowest BCUT2D eigenvalue weighted by atomic mass is 9.83. The lowest BCUT2D eigenvalue weighted by Crippen LogP contribution is -2.50. The highest BCUT2D eigenvalue weighted by Crippen LogP contribution is 2.27. The molecule has 2 nitrogen and oxygen atoms in total. The van der Waals surface area contributed by atoms with Crippen molar-refractivity contribution in [2.45, 2.75) is 50.9 Å². The number of likely N-dealkylation sites (N-methyl/N-ethyl adjacent to an activating group) is 1. The Hall–Kier alpha value is -0.290. The van der Waals surface area contributed by atoms with Gasteiger partial charge in [-0.15, -0.1) is 0 Å². The molecule has 1 aliphatic rings. The van der Waals surface area contributed by atoms with Gasteiger partial charge >= 0.3 is 6.18 Å². The van der Waals surface area contributed by atoms with E-state index in [0.717, 1.165) is 19.3 Å². The molecule has 3 atom stereocenters. The zero-order valence-corrected chi connectivity index (χ0v) is 9.93. The SMILES string of the molecule is CC1CCC(N)C(N(C)CCC(F)(F)F)C1. The highest BCUT2D eigenvalue weighted by Gasteiger charge is 2.32. The summed E-state index contributed by atoms with van der Waals surface area (Å²) in [6.07, 6.45) is -1.90. The fourth-order valence-corrected chi connectivity index (χ4v) is 2.35. The summed E-state index contributed by atoms with van der Waals surface area (Å²) in [4.78, 5) is 1.77. The standard InChI is InChI=1S/C11H21F3N2/c1-8-3-4-9(15)10(7-8)16(2)6-5-11(12,13)14/h8-10H,3-7,15H2,1-2H3. The second kappa shape index (κ2) is 5.36. The second-order valence-corrected chi connectivity index (χ2v) is 5.00. The van der Waals surface area contributed by atoms with Gasteiger partial charge in [-0.1, -0.05) is 6.92 Å². The fourth-order valence-electron chi connectivity index (χ4n) is 2.35. The van der Waals surface area contributed by atoms with Crippen molar-refractivity contribution in [1.29, 1.82) is 0 Å². The molecule has 1 rings (SSSR count). The molecule has 0 amide bonds. The molecule has 16 heavy (non-hydrogen) atoms. The van der Waals surface area contributed by atoms with Crippen LogP contribution < -0.4 is 5.73 Å². The van der Waals surface area contributed by atoms with E-state index in [1.165, 1.54) is 0 Å². The Kier molecular flexibility index (Phi) is 4.62. The molecule has 3 unspecified atom stereocenters. The fraction of sp³-hybridized carbons (Fsp3) is 1.00. The van der Waals surface area contributed by atoms with E-state index in [9.17, 15) is 13.2 Å². The first kappa shape index (κ1) is 13.8. The predicted octanol–water partition coefficient (Wildman–Crippen LogP) is 2.39. The number of hydrogen-bond donors (Lipinski definition) is 1. The summed E-state index contributed by atoms with van der Waals surface area (Å²) in [6.45, 7) is 2.19. The zero-order chi connectivity index (χ0) is 12.3. The van der Waals surface area contributed by atoms with Gasteiger partial charge in [-0.25, -0.2) is 0 Å². The molecule has 0 spiro atoms. The number of rotatable bonds is 3. The quantitative estimate of drug-likeness (QED) is 0.818. The van der Waals surface area contributed by atoms with Gasteiger partial charge in [0, 0.05) is 18.6 Å². The molecule has 1 saturated carbocycles. The van der Waals surface area contributed by atoms with E-state index in [1.54, 1.807) is 11.9 Å². The van der Waals surface area contributed by atoms with Gasteiger partial charge in [0.2, 0.25) is 0 Å². The van der Waals surface area contributed by atoms with Gasteiger partial charge in [-0.2, -0.15) is 13.2 Å². The minimum atomic E-state index is -4.07. The third-order valence-electron chi connectivity index (χ3n) is 3.45. The lowest BCUT2D eigenvalue weighted by molar-refractivity contribution is -0.138. The summed E-state index contributed by atoms with van der Waals surface area (Å²) >= 11 is 0. The van der Waals surface area contributed by atoms with Crippen LogP contribution in [0.25, 0.3) is 0 Å². The summed E-state index contributed by atoms with van der Waals surface area (Å²) in [5.74, 6) is 0.568. The lowest BCUT2D eigenvalue weighted by Gasteiger charge is -2.38. The molecule has 0 radical (unpaired) electrons. The van der Waals surface area contributed by atoms with Gasteiger partial charge in [0.05, 0.1) is 6.42 Å². The maximum atomic E-state index is 12.1. The van der Waals surface area contributed by atoms with Gasteiger partial charge < -0.3 is 10.6 Å². The Bertz CT molecular complexity index is 218. The Morgan fingerprint density at radius 2 is 1.94 bits per heavy atom. The first-order chi connectivity index (χ1) is 7.29. The van der Waals surface area contributed by atoms with Crippen LogP contribution in [0.15, 0.2) is 0 Å². The van der Waals surface area contributed by atoms with Crippen molar-refractivity contribution in [2.24, 2.45) is 11.7 Å². The third-order valence-corrected chi connectivity index (χ3v) is 3.45. The van der Waals surface area contributed by atoms with E-state index in [2.05, 4.69) is 6.92 Å². The van der Waals surface area contributed by atoms with Crippen LogP contribution in [0.2, 0.25) is 0 Å². The average Bonchev–Trinajstić information content (AvgIpc) is 2.17. The molecule has 1 aliphatic carbocycles. The van der Waals surface area contributed by atoms with Crippen LogP contribution in [-0.4, -0.2) is 36.8 Å². The molecular weight excluding hydrogens is 217 g/mol. The predicted molar refractivity (Wildman–Crippen MR) is 58.1 cm³/mol. The van der Waals surface area contributed by atoms with E-state index < -0.39 is 12.6 Å². The molecule has 0 bridgehead atoms. The molecule has 0 saturated heterocycles. The summed E-state index contributed by atoms with van der Waals surface area (Å²) in [5.41, 5.74) is 5.96. The van der Waals surface area contributed by atoms with Crippen LogP contribution in [0.5, 0.6) is 0 Å². The van der Waals surface area contributed by atoms with Gasteiger partial charge in [-0.05, 0) is 32.2 Å². The van der Waals surface area contributed by atoms with Crippen molar-refractivity contribution in [1.82, 2.24) is 4.90 Å². The van der Waals surface area contributed by atoms with Gasteiger partial charge in [0.25, 0.3) is 0 Å². The Balaban J connectivity index is 2.42. The van der Waals surface area contributed by atoms with Crippen molar-refractivity contribution in [3.8, 4) is 0 Å². The monoisotopic (exact) mass is 238 g/mol. The molecule has 5 heteroatoms. The van der Waals surface area contributed by atoms with E-state index in [0.29, 0.717) is 5.92 Å². The smallest absolute Gasteiger partial charge is 0.326 e. The van der Waals surface area contributed by atoms with Crippen LogP contribution in [-0.2, 0) is 0 Å². The van der Waals surface area contributed by atoms with Crippen molar-refractivity contribution >= 4 is 0 Å². The molecule has 2 N–H and O–H groups in total. The number of alkyl halides is 3. The van der Waals surface area contributed by atoms with E-state index in [4.69, 9.17) is 5.73 Å². The number of hydrogen-bond acceptors (Lipinski definition) is 2.